The number of aromatic nitrogens is 1. The van der Waals surface area contributed by atoms with Gasteiger partial charge in [0.25, 0.3) is 5.91 Å². The Balaban J connectivity index is 1.44. The number of benzene rings is 3. The zero-order valence-electron chi connectivity index (χ0n) is 15.8. The molecule has 1 aliphatic rings. The number of amides is 1. The van der Waals surface area contributed by atoms with Crippen LogP contribution >= 0.6 is 0 Å². The Morgan fingerprint density at radius 2 is 1.79 bits per heavy atom. The van der Waals surface area contributed by atoms with Crippen molar-refractivity contribution in [1.29, 1.82) is 0 Å². The second-order valence-electron chi connectivity index (χ2n) is 7.50. The summed E-state index contributed by atoms with van der Waals surface area (Å²) in [5, 5.41) is 0. The summed E-state index contributed by atoms with van der Waals surface area (Å²) in [6.45, 7) is 4.94. The van der Waals surface area contributed by atoms with E-state index in [1.54, 1.807) is 4.90 Å². The number of rotatable bonds is 3. The topological polar surface area (TPSA) is 46.3 Å². The predicted octanol–water partition coefficient (Wildman–Crippen LogP) is 5.78. The minimum Gasteiger partial charge on any atom is -0.436 e. The van der Waals surface area contributed by atoms with Crippen molar-refractivity contribution in [2.24, 2.45) is 0 Å². The molecule has 0 saturated heterocycles. The first-order valence-electron chi connectivity index (χ1n) is 9.51. The van der Waals surface area contributed by atoms with Gasteiger partial charge in [-0.05, 0) is 59.5 Å². The first-order chi connectivity index (χ1) is 13.6. The molecule has 138 valence electrons. The van der Waals surface area contributed by atoms with Crippen molar-refractivity contribution in [3.05, 3.63) is 83.4 Å². The van der Waals surface area contributed by atoms with Gasteiger partial charge in [-0.2, -0.15) is 0 Å². The Morgan fingerprint density at radius 3 is 2.54 bits per heavy atom. The second kappa shape index (κ2) is 6.34. The Hall–Kier alpha value is -3.40. The van der Waals surface area contributed by atoms with E-state index in [2.05, 4.69) is 31.0 Å². The van der Waals surface area contributed by atoms with Gasteiger partial charge in [0.2, 0.25) is 5.89 Å². The molecule has 28 heavy (non-hydrogen) atoms. The summed E-state index contributed by atoms with van der Waals surface area (Å²) in [4.78, 5) is 19.1. The van der Waals surface area contributed by atoms with Crippen molar-refractivity contribution in [2.45, 2.75) is 26.3 Å². The molecule has 4 heteroatoms. The van der Waals surface area contributed by atoms with E-state index in [0.29, 0.717) is 18.4 Å². The molecule has 0 spiro atoms. The highest BCUT2D eigenvalue weighted by Crippen LogP contribution is 2.31. The van der Waals surface area contributed by atoms with Crippen LogP contribution in [0, 0.1) is 0 Å². The second-order valence-corrected chi connectivity index (χ2v) is 7.50. The Bertz CT molecular complexity index is 1190. The molecule has 0 saturated carbocycles. The predicted molar refractivity (Wildman–Crippen MR) is 110 cm³/mol. The highest BCUT2D eigenvalue weighted by molar-refractivity contribution is 6.10. The van der Waals surface area contributed by atoms with Gasteiger partial charge in [0, 0.05) is 16.8 Å². The van der Waals surface area contributed by atoms with E-state index in [1.807, 2.05) is 54.6 Å². The average Bonchev–Trinajstić information content (AvgIpc) is 3.29. The summed E-state index contributed by atoms with van der Waals surface area (Å²) in [5.41, 5.74) is 6.53. The summed E-state index contributed by atoms with van der Waals surface area (Å²) >= 11 is 0. The van der Waals surface area contributed by atoms with Crippen molar-refractivity contribution in [2.75, 3.05) is 4.90 Å². The lowest BCUT2D eigenvalue weighted by Crippen LogP contribution is -2.22. The fraction of sp³-hybridized carbons (Fsp3) is 0.167. The smallest absolute Gasteiger partial charge is 0.258 e. The van der Waals surface area contributed by atoms with Crippen LogP contribution < -0.4 is 4.90 Å². The van der Waals surface area contributed by atoms with Crippen LogP contribution in [-0.4, -0.2) is 10.9 Å². The molecule has 0 bridgehead atoms. The van der Waals surface area contributed by atoms with Gasteiger partial charge in [-0.3, -0.25) is 4.79 Å². The van der Waals surface area contributed by atoms with Crippen molar-refractivity contribution in [1.82, 2.24) is 4.98 Å². The maximum absolute atomic E-state index is 12.7. The van der Waals surface area contributed by atoms with Gasteiger partial charge in [-0.25, -0.2) is 4.98 Å². The number of nitrogens with zero attached hydrogens (tertiary/aromatic N) is 2. The van der Waals surface area contributed by atoms with Crippen LogP contribution in [0.5, 0.6) is 0 Å². The summed E-state index contributed by atoms with van der Waals surface area (Å²) in [6.07, 6.45) is 0. The van der Waals surface area contributed by atoms with E-state index in [4.69, 9.17) is 4.42 Å². The molecule has 3 aromatic carbocycles. The Morgan fingerprint density at radius 1 is 1.00 bits per heavy atom. The van der Waals surface area contributed by atoms with Crippen LogP contribution in [0.15, 0.2) is 71.1 Å². The molecule has 0 aliphatic carbocycles. The number of carbonyl (C=O) groups is 1. The van der Waals surface area contributed by atoms with E-state index in [0.717, 1.165) is 33.5 Å². The molecule has 4 nitrogen and oxygen atoms in total. The van der Waals surface area contributed by atoms with E-state index < -0.39 is 0 Å². The largest absolute Gasteiger partial charge is 0.436 e. The molecule has 0 unspecified atom stereocenters. The van der Waals surface area contributed by atoms with Gasteiger partial charge in [-0.1, -0.05) is 38.1 Å². The van der Waals surface area contributed by atoms with Crippen LogP contribution in [0.25, 0.3) is 22.6 Å². The van der Waals surface area contributed by atoms with Crippen molar-refractivity contribution in [3.63, 3.8) is 0 Å². The standard InChI is InChI=1S/C24H20N2O2/c1-15(2)17-9-12-22-21(13-17)25-23(28-22)16-7-10-19(11-8-16)26-14-18-5-3-4-6-20(18)24(26)27/h3-13,15H,14H2,1-2H3. The molecule has 2 heterocycles. The van der Waals surface area contributed by atoms with Crippen molar-refractivity contribution < 1.29 is 9.21 Å². The van der Waals surface area contributed by atoms with Crippen molar-refractivity contribution >= 4 is 22.7 Å². The molecule has 0 N–H and O–H groups in total. The first kappa shape index (κ1) is 16.8. The molecule has 4 aromatic rings. The highest BCUT2D eigenvalue weighted by Gasteiger charge is 2.27. The zero-order chi connectivity index (χ0) is 19.3. The number of hydrogen-bond donors (Lipinski definition) is 0. The lowest BCUT2D eigenvalue weighted by Gasteiger charge is -2.15. The molecule has 1 aliphatic heterocycles. The molecule has 0 radical (unpaired) electrons. The first-order valence-corrected chi connectivity index (χ1v) is 9.51. The highest BCUT2D eigenvalue weighted by atomic mass is 16.3. The van der Waals surface area contributed by atoms with Gasteiger partial charge in [0.1, 0.15) is 5.52 Å². The molecule has 1 amide bonds. The van der Waals surface area contributed by atoms with E-state index in [9.17, 15) is 4.79 Å². The van der Waals surface area contributed by atoms with E-state index >= 15 is 0 Å². The summed E-state index contributed by atoms with van der Waals surface area (Å²) < 4.78 is 5.93. The molecular formula is C24H20N2O2. The van der Waals surface area contributed by atoms with Gasteiger partial charge >= 0.3 is 0 Å². The minimum atomic E-state index is 0.0476. The van der Waals surface area contributed by atoms with E-state index in [1.165, 1.54) is 5.56 Å². The SMILES string of the molecule is CC(C)c1ccc2oc(-c3ccc(N4Cc5ccccc5C4=O)cc3)nc2c1. The zero-order valence-corrected chi connectivity index (χ0v) is 15.8. The monoisotopic (exact) mass is 368 g/mol. The van der Waals surface area contributed by atoms with Crippen LogP contribution in [0.1, 0.15) is 41.3 Å². The maximum atomic E-state index is 12.7. The lowest BCUT2D eigenvalue weighted by atomic mass is 10.0. The minimum absolute atomic E-state index is 0.0476. The van der Waals surface area contributed by atoms with Crippen LogP contribution in [0.2, 0.25) is 0 Å². The Kier molecular flexibility index (Phi) is 3.79. The molecule has 1 aromatic heterocycles. The van der Waals surface area contributed by atoms with Gasteiger partial charge in [0.05, 0.1) is 6.54 Å². The molecule has 0 atom stereocenters. The summed E-state index contributed by atoms with van der Waals surface area (Å²) in [7, 11) is 0. The maximum Gasteiger partial charge on any atom is 0.258 e. The molecular weight excluding hydrogens is 348 g/mol. The van der Waals surface area contributed by atoms with Crippen molar-refractivity contribution in [3.8, 4) is 11.5 Å². The number of fused-ring (bicyclic) bond motifs is 2. The third-order valence-corrected chi connectivity index (χ3v) is 5.33. The Labute approximate surface area is 163 Å². The average molecular weight is 368 g/mol. The quantitative estimate of drug-likeness (QED) is 0.460. The van der Waals surface area contributed by atoms with E-state index in [-0.39, 0.29) is 5.91 Å². The van der Waals surface area contributed by atoms with Gasteiger partial charge in [-0.15, -0.1) is 0 Å². The summed E-state index contributed by atoms with van der Waals surface area (Å²) in [6, 6.07) is 21.7. The number of anilines is 1. The molecule has 0 fully saturated rings. The summed E-state index contributed by atoms with van der Waals surface area (Å²) in [5.74, 6) is 1.09. The van der Waals surface area contributed by atoms with Crippen LogP contribution in [0.4, 0.5) is 5.69 Å². The van der Waals surface area contributed by atoms with Gasteiger partial charge < -0.3 is 9.32 Å². The third kappa shape index (κ3) is 2.69. The van der Waals surface area contributed by atoms with Crippen LogP contribution in [-0.2, 0) is 6.54 Å². The number of hydrogen-bond acceptors (Lipinski definition) is 3. The number of carbonyl (C=O) groups excluding carboxylic acids is 1. The van der Waals surface area contributed by atoms with Gasteiger partial charge in [0.15, 0.2) is 5.58 Å². The third-order valence-electron chi connectivity index (χ3n) is 5.33. The lowest BCUT2D eigenvalue weighted by molar-refractivity contribution is 0.0996. The number of oxazole rings is 1. The fourth-order valence-electron chi connectivity index (χ4n) is 3.67. The normalized spacial score (nSPS) is 13.5. The fourth-order valence-corrected chi connectivity index (χ4v) is 3.67. The van der Waals surface area contributed by atoms with Crippen LogP contribution in [0.3, 0.4) is 0 Å². The molecule has 5 rings (SSSR count).